The van der Waals surface area contributed by atoms with Crippen LogP contribution in [0.1, 0.15) is 24.5 Å². The summed E-state index contributed by atoms with van der Waals surface area (Å²) < 4.78 is 0. The van der Waals surface area contributed by atoms with Gasteiger partial charge in [-0.2, -0.15) is 0 Å². The second kappa shape index (κ2) is 4.51. The van der Waals surface area contributed by atoms with E-state index in [-0.39, 0.29) is 5.78 Å². The molecule has 0 spiro atoms. The third-order valence-corrected chi connectivity index (χ3v) is 3.99. The summed E-state index contributed by atoms with van der Waals surface area (Å²) in [6, 6.07) is 20.2. The smallest absolute Gasteiger partial charge is 0.173 e. The number of Topliss-reactive ketones (excluding diaryl/α,β-unsaturated/α-hetero) is 1. The molecule has 2 aromatic rings. The molecule has 1 nitrogen and oxygen atoms in total. The lowest BCUT2D eigenvalue weighted by molar-refractivity contribution is -0.118. The Labute approximate surface area is 113 Å². The van der Waals surface area contributed by atoms with Crippen molar-refractivity contribution in [3.8, 4) is 0 Å². The lowest BCUT2D eigenvalue weighted by Crippen LogP contribution is -2.33. The molecule has 1 heteroatoms. The van der Waals surface area contributed by atoms with Gasteiger partial charge in [0.05, 0.1) is 5.41 Å². The molecule has 1 aliphatic carbocycles. The highest BCUT2D eigenvalue weighted by molar-refractivity contribution is 6.08. The van der Waals surface area contributed by atoms with Crippen LogP contribution in [0.4, 0.5) is 0 Å². The molecule has 3 rings (SSSR count). The first-order chi connectivity index (χ1) is 9.25. The lowest BCUT2D eigenvalue weighted by Gasteiger charge is -2.29. The van der Waals surface area contributed by atoms with Crippen molar-refractivity contribution in [3.63, 3.8) is 0 Å². The second-order valence-corrected chi connectivity index (χ2v) is 5.06. The van der Waals surface area contributed by atoms with Crippen LogP contribution < -0.4 is 0 Å². The van der Waals surface area contributed by atoms with E-state index in [0.29, 0.717) is 0 Å². The van der Waals surface area contributed by atoms with Gasteiger partial charge in [0.2, 0.25) is 0 Å². The SMILES string of the molecule is CC1=CCC(c2ccccc2)(c2ccccc2)C1=O. The second-order valence-electron chi connectivity index (χ2n) is 5.06. The van der Waals surface area contributed by atoms with E-state index in [1.165, 1.54) is 0 Å². The summed E-state index contributed by atoms with van der Waals surface area (Å²) in [6.45, 7) is 1.91. The average Bonchev–Trinajstić information content (AvgIpc) is 2.78. The lowest BCUT2D eigenvalue weighted by atomic mass is 9.71. The minimum atomic E-state index is -0.521. The molecule has 0 N–H and O–H groups in total. The van der Waals surface area contributed by atoms with Crippen molar-refractivity contribution < 1.29 is 4.79 Å². The minimum Gasteiger partial charge on any atom is -0.293 e. The Morgan fingerprint density at radius 3 is 1.68 bits per heavy atom. The zero-order valence-electron chi connectivity index (χ0n) is 11.0. The van der Waals surface area contributed by atoms with Gasteiger partial charge in [-0.05, 0) is 30.0 Å². The van der Waals surface area contributed by atoms with Gasteiger partial charge in [0, 0.05) is 0 Å². The Kier molecular flexibility index (Phi) is 2.83. The molecule has 0 fully saturated rings. The fourth-order valence-electron chi connectivity index (χ4n) is 2.94. The Bertz CT molecular complexity index is 584. The van der Waals surface area contributed by atoms with Crippen LogP contribution in [-0.4, -0.2) is 5.78 Å². The molecule has 0 radical (unpaired) electrons. The summed E-state index contributed by atoms with van der Waals surface area (Å²) >= 11 is 0. The topological polar surface area (TPSA) is 17.1 Å². The first kappa shape index (κ1) is 11.9. The van der Waals surface area contributed by atoms with Gasteiger partial charge in [-0.1, -0.05) is 66.7 Å². The van der Waals surface area contributed by atoms with E-state index in [2.05, 4.69) is 30.3 Å². The molecule has 0 atom stereocenters. The van der Waals surface area contributed by atoms with Gasteiger partial charge in [-0.25, -0.2) is 0 Å². The predicted octanol–water partition coefficient (Wildman–Crippen LogP) is 3.89. The Morgan fingerprint density at radius 1 is 0.842 bits per heavy atom. The normalized spacial score (nSPS) is 17.3. The van der Waals surface area contributed by atoms with Crippen LogP contribution >= 0.6 is 0 Å². The zero-order chi connectivity index (χ0) is 13.3. The van der Waals surface area contributed by atoms with Gasteiger partial charge >= 0.3 is 0 Å². The number of rotatable bonds is 2. The molecule has 0 unspecified atom stereocenters. The first-order valence-electron chi connectivity index (χ1n) is 6.58. The van der Waals surface area contributed by atoms with Crippen LogP contribution in [0.25, 0.3) is 0 Å². The quantitative estimate of drug-likeness (QED) is 0.788. The molecule has 2 aromatic carbocycles. The van der Waals surface area contributed by atoms with E-state index in [1.807, 2.05) is 43.3 Å². The molecule has 0 bridgehead atoms. The van der Waals surface area contributed by atoms with Crippen LogP contribution in [0.2, 0.25) is 0 Å². The van der Waals surface area contributed by atoms with E-state index in [1.54, 1.807) is 0 Å². The molecule has 0 saturated heterocycles. The van der Waals surface area contributed by atoms with Gasteiger partial charge < -0.3 is 0 Å². The summed E-state index contributed by atoms with van der Waals surface area (Å²) in [5.41, 5.74) is 2.51. The maximum absolute atomic E-state index is 12.8. The van der Waals surface area contributed by atoms with E-state index in [9.17, 15) is 4.79 Å². The van der Waals surface area contributed by atoms with E-state index < -0.39 is 5.41 Å². The summed E-state index contributed by atoms with van der Waals surface area (Å²) in [4.78, 5) is 12.8. The fourth-order valence-corrected chi connectivity index (χ4v) is 2.94. The van der Waals surface area contributed by atoms with Crippen molar-refractivity contribution in [2.75, 3.05) is 0 Å². The number of carbonyl (C=O) groups excluding carboxylic acids is 1. The number of hydrogen-bond donors (Lipinski definition) is 0. The molecule has 0 aromatic heterocycles. The maximum Gasteiger partial charge on any atom is 0.173 e. The van der Waals surface area contributed by atoms with Gasteiger partial charge in [-0.3, -0.25) is 4.79 Å². The molecule has 0 aliphatic heterocycles. The molecular weight excluding hydrogens is 232 g/mol. The van der Waals surface area contributed by atoms with Crippen LogP contribution in [0.15, 0.2) is 72.3 Å². The minimum absolute atomic E-state index is 0.227. The maximum atomic E-state index is 12.8. The fraction of sp³-hybridized carbons (Fsp3) is 0.167. The van der Waals surface area contributed by atoms with E-state index in [0.717, 1.165) is 23.1 Å². The van der Waals surface area contributed by atoms with Gasteiger partial charge in [0.15, 0.2) is 5.78 Å². The van der Waals surface area contributed by atoms with Crippen LogP contribution in [0.3, 0.4) is 0 Å². The van der Waals surface area contributed by atoms with Crippen LogP contribution in [0.5, 0.6) is 0 Å². The monoisotopic (exact) mass is 248 g/mol. The molecule has 1 aliphatic rings. The van der Waals surface area contributed by atoms with Gasteiger partial charge in [0.1, 0.15) is 0 Å². The third kappa shape index (κ3) is 1.74. The molecule has 94 valence electrons. The Morgan fingerprint density at radius 2 is 1.32 bits per heavy atom. The highest BCUT2D eigenvalue weighted by Gasteiger charge is 2.44. The van der Waals surface area contributed by atoms with Gasteiger partial charge in [0.25, 0.3) is 0 Å². The van der Waals surface area contributed by atoms with Gasteiger partial charge in [-0.15, -0.1) is 0 Å². The number of carbonyl (C=O) groups is 1. The summed E-state index contributed by atoms with van der Waals surface area (Å²) in [7, 11) is 0. The Hall–Kier alpha value is -2.15. The van der Waals surface area contributed by atoms with Crippen molar-refractivity contribution in [2.45, 2.75) is 18.8 Å². The predicted molar refractivity (Wildman–Crippen MR) is 77.0 cm³/mol. The van der Waals surface area contributed by atoms with E-state index in [4.69, 9.17) is 0 Å². The standard InChI is InChI=1S/C18H16O/c1-14-12-13-18(17(14)19,15-8-4-2-5-9-15)16-10-6-3-7-11-16/h2-12H,13H2,1H3. The highest BCUT2D eigenvalue weighted by atomic mass is 16.1. The first-order valence-corrected chi connectivity index (χ1v) is 6.58. The number of benzene rings is 2. The number of allylic oxidation sites excluding steroid dienone is 2. The van der Waals surface area contributed by atoms with Crippen molar-refractivity contribution in [1.82, 2.24) is 0 Å². The van der Waals surface area contributed by atoms with Crippen LogP contribution in [0, 0.1) is 0 Å². The molecule has 19 heavy (non-hydrogen) atoms. The number of ketones is 1. The molecule has 0 heterocycles. The van der Waals surface area contributed by atoms with Crippen LogP contribution in [-0.2, 0) is 10.2 Å². The number of hydrogen-bond acceptors (Lipinski definition) is 1. The zero-order valence-corrected chi connectivity index (χ0v) is 11.0. The van der Waals surface area contributed by atoms with Crippen molar-refractivity contribution in [3.05, 3.63) is 83.4 Å². The summed E-state index contributed by atoms with van der Waals surface area (Å²) in [6.07, 6.45) is 2.81. The third-order valence-electron chi connectivity index (χ3n) is 3.99. The largest absolute Gasteiger partial charge is 0.293 e. The molecule has 0 amide bonds. The van der Waals surface area contributed by atoms with Crippen molar-refractivity contribution >= 4 is 5.78 Å². The summed E-state index contributed by atoms with van der Waals surface area (Å²) in [5, 5.41) is 0. The highest BCUT2D eigenvalue weighted by Crippen LogP contribution is 2.42. The van der Waals surface area contributed by atoms with Crippen molar-refractivity contribution in [1.29, 1.82) is 0 Å². The average molecular weight is 248 g/mol. The molecule has 0 saturated carbocycles. The molecular formula is C18H16O. The summed E-state index contributed by atoms with van der Waals surface area (Å²) in [5.74, 6) is 0.227. The van der Waals surface area contributed by atoms with Crippen molar-refractivity contribution in [2.24, 2.45) is 0 Å². The Balaban J connectivity index is 2.22. The van der Waals surface area contributed by atoms with E-state index >= 15 is 0 Å².